The van der Waals surface area contributed by atoms with E-state index in [0.717, 1.165) is 0 Å². The lowest BCUT2D eigenvalue weighted by Gasteiger charge is -2.17. The van der Waals surface area contributed by atoms with Gasteiger partial charge in [-0.3, -0.25) is 4.79 Å². The first-order valence-electron chi connectivity index (χ1n) is 3.66. The Hall–Kier alpha value is -1.57. The van der Waals surface area contributed by atoms with E-state index in [1.54, 1.807) is 19.1 Å². The number of Topliss-reactive ketones (excluding diaryl/α,β-unsaturated/α-hetero) is 1. The molecule has 62 valence electrons. The van der Waals surface area contributed by atoms with E-state index in [9.17, 15) is 9.90 Å². The molecule has 0 heterocycles. The summed E-state index contributed by atoms with van der Waals surface area (Å²) in [4.78, 5) is 11.2. The summed E-state index contributed by atoms with van der Waals surface area (Å²) in [7, 11) is 0. The van der Waals surface area contributed by atoms with Gasteiger partial charge in [-0.1, -0.05) is 24.8 Å². The molecule has 0 spiro atoms. The molecular weight excluding hydrogens is 152 g/mol. The first kappa shape index (κ1) is 8.53. The quantitative estimate of drug-likeness (QED) is 0.631. The van der Waals surface area contributed by atoms with Crippen LogP contribution in [-0.2, 0) is 4.79 Å². The van der Waals surface area contributed by atoms with Gasteiger partial charge in [-0.25, -0.2) is 0 Å². The van der Waals surface area contributed by atoms with Crippen LogP contribution in [0.5, 0.6) is 0 Å². The number of carbonyl (C=O) groups is 1. The molecule has 1 aliphatic rings. The normalized spacial score (nSPS) is 20.4. The largest absolute Gasteiger partial charge is 0.506 e. The third-order valence-electron chi connectivity index (χ3n) is 1.62. The summed E-state index contributed by atoms with van der Waals surface area (Å²) in [5.74, 6) is -0.0523. The number of aliphatic hydroxyl groups is 1. The second-order valence-electron chi connectivity index (χ2n) is 2.41. The van der Waals surface area contributed by atoms with Crippen molar-refractivity contribution < 1.29 is 9.90 Å². The van der Waals surface area contributed by atoms with E-state index < -0.39 is 0 Å². The van der Waals surface area contributed by atoms with Crippen LogP contribution < -0.4 is 0 Å². The monoisotopic (exact) mass is 162 g/mol. The van der Waals surface area contributed by atoms with E-state index in [1.165, 1.54) is 12.2 Å². The van der Waals surface area contributed by atoms with Crippen molar-refractivity contribution in [3.8, 4) is 0 Å². The standard InChI is InChI=1S/C10H10O2/c1-3-5-7-9(11)8(6-4-2)10(7)12/h3-6,11H,1H2,2H3/b6-4+,7-5-. The second-order valence-corrected chi connectivity index (χ2v) is 2.41. The smallest absolute Gasteiger partial charge is 0.200 e. The van der Waals surface area contributed by atoms with E-state index in [0.29, 0.717) is 11.1 Å². The minimum atomic E-state index is -0.120. The minimum Gasteiger partial charge on any atom is -0.506 e. The summed E-state index contributed by atoms with van der Waals surface area (Å²) in [6.07, 6.45) is 6.30. The molecule has 1 aliphatic carbocycles. The molecule has 0 radical (unpaired) electrons. The molecule has 0 saturated carbocycles. The Labute approximate surface area is 71.2 Å². The molecular formula is C10H10O2. The van der Waals surface area contributed by atoms with Crippen LogP contribution >= 0.6 is 0 Å². The molecule has 0 amide bonds. The highest BCUT2D eigenvalue weighted by atomic mass is 16.3. The number of hydrogen-bond acceptors (Lipinski definition) is 2. The molecule has 0 aliphatic heterocycles. The lowest BCUT2D eigenvalue weighted by Crippen LogP contribution is -2.20. The van der Waals surface area contributed by atoms with Crippen LogP contribution in [0.1, 0.15) is 6.92 Å². The average Bonchev–Trinajstić information content (AvgIpc) is 2.10. The zero-order valence-electron chi connectivity index (χ0n) is 6.87. The number of allylic oxidation sites excluding steroid dienone is 6. The van der Waals surface area contributed by atoms with Crippen LogP contribution in [0, 0.1) is 0 Å². The van der Waals surface area contributed by atoms with Gasteiger partial charge < -0.3 is 5.11 Å². The number of rotatable bonds is 2. The van der Waals surface area contributed by atoms with Crippen molar-refractivity contribution in [1.29, 1.82) is 0 Å². The third kappa shape index (κ3) is 1.11. The van der Waals surface area contributed by atoms with Crippen molar-refractivity contribution in [2.75, 3.05) is 0 Å². The summed E-state index contributed by atoms with van der Waals surface area (Å²) >= 11 is 0. The lowest BCUT2D eigenvalue weighted by atomic mass is 9.87. The van der Waals surface area contributed by atoms with Crippen LogP contribution in [0.2, 0.25) is 0 Å². The maximum atomic E-state index is 11.2. The topological polar surface area (TPSA) is 37.3 Å². The summed E-state index contributed by atoms with van der Waals surface area (Å²) in [6, 6.07) is 0. The van der Waals surface area contributed by atoms with Gasteiger partial charge in [0, 0.05) is 0 Å². The highest BCUT2D eigenvalue weighted by Gasteiger charge is 2.30. The Morgan fingerprint density at radius 2 is 2.17 bits per heavy atom. The predicted octanol–water partition coefficient (Wildman–Crippen LogP) is 2.07. The SMILES string of the molecule is C=C/C=C1\C(=O)C(/C=C/C)=C1O. The lowest BCUT2D eigenvalue weighted by molar-refractivity contribution is -0.113. The van der Waals surface area contributed by atoms with Crippen molar-refractivity contribution in [3.05, 3.63) is 47.8 Å². The van der Waals surface area contributed by atoms with Gasteiger partial charge in [-0.05, 0) is 13.0 Å². The Kier molecular flexibility index (Phi) is 2.29. The summed E-state index contributed by atoms with van der Waals surface area (Å²) in [5, 5.41) is 9.29. The van der Waals surface area contributed by atoms with Gasteiger partial charge in [0.1, 0.15) is 5.76 Å². The zero-order chi connectivity index (χ0) is 9.14. The number of carbonyl (C=O) groups excluding carboxylic acids is 1. The summed E-state index contributed by atoms with van der Waals surface area (Å²) in [5.41, 5.74) is 0.726. The van der Waals surface area contributed by atoms with Gasteiger partial charge in [0.25, 0.3) is 0 Å². The molecule has 0 saturated heterocycles. The number of hydrogen-bond donors (Lipinski definition) is 1. The molecule has 0 atom stereocenters. The fraction of sp³-hybridized carbons (Fsp3) is 0.100. The van der Waals surface area contributed by atoms with Crippen LogP contribution in [0.4, 0.5) is 0 Å². The van der Waals surface area contributed by atoms with E-state index in [-0.39, 0.29) is 11.5 Å². The number of aliphatic hydroxyl groups excluding tert-OH is 1. The van der Waals surface area contributed by atoms with E-state index >= 15 is 0 Å². The first-order valence-corrected chi connectivity index (χ1v) is 3.66. The summed E-state index contributed by atoms with van der Waals surface area (Å²) in [6.45, 7) is 5.24. The molecule has 2 heteroatoms. The molecule has 0 aromatic heterocycles. The Bertz CT molecular complexity index is 317. The predicted molar refractivity (Wildman–Crippen MR) is 47.8 cm³/mol. The van der Waals surface area contributed by atoms with Crippen molar-refractivity contribution in [2.45, 2.75) is 6.92 Å². The van der Waals surface area contributed by atoms with Crippen molar-refractivity contribution >= 4 is 5.78 Å². The van der Waals surface area contributed by atoms with E-state index in [1.807, 2.05) is 0 Å². The fourth-order valence-electron chi connectivity index (χ4n) is 1.04. The average molecular weight is 162 g/mol. The molecule has 1 N–H and O–H groups in total. The Balaban J connectivity index is 3.02. The molecule has 12 heavy (non-hydrogen) atoms. The summed E-state index contributed by atoms with van der Waals surface area (Å²) < 4.78 is 0. The molecule has 0 aromatic rings. The zero-order valence-corrected chi connectivity index (χ0v) is 6.87. The molecule has 0 bridgehead atoms. The molecule has 0 unspecified atom stereocenters. The van der Waals surface area contributed by atoms with Crippen LogP contribution in [0.15, 0.2) is 47.8 Å². The van der Waals surface area contributed by atoms with Gasteiger partial charge in [-0.15, -0.1) is 0 Å². The molecule has 2 nitrogen and oxygen atoms in total. The molecule has 0 aromatic carbocycles. The van der Waals surface area contributed by atoms with Gasteiger partial charge in [0.2, 0.25) is 0 Å². The van der Waals surface area contributed by atoms with Gasteiger partial charge >= 0.3 is 0 Å². The van der Waals surface area contributed by atoms with Crippen LogP contribution in [0.25, 0.3) is 0 Å². The van der Waals surface area contributed by atoms with Crippen molar-refractivity contribution in [3.63, 3.8) is 0 Å². The molecule has 0 fully saturated rings. The maximum Gasteiger partial charge on any atom is 0.200 e. The van der Waals surface area contributed by atoms with Gasteiger partial charge in [0.15, 0.2) is 5.78 Å². The third-order valence-corrected chi connectivity index (χ3v) is 1.62. The van der Waals surface area contributed by atoms with Crippen LogP contribution in [0.3, 0.4) is 0 Å². The van der Waals surface area contributed by atoms with Crippen molar-refractivity contribution in [1.82, 2.24) is 0 Å². The van der Waals surface area contributed by atoms with E-state index in [4.69, 9.17) is 0 Å². The maximum absolute atomic E-state index is 11.2. The fourth-order valence-corrected chi connectivity index (χ4v) is 1.04. The number of ketones is 1. The van der Waals surface area contributed by atoms with E-state index in [2.05, 4.69) is 6.58 Å². The minimum absolute atomic E-state index is 0.0676. The van der Waals surface area contributed by atoms with Gasteiger partial charge in [-0.2, -0.15) is 0 Å². The Morgan fingerprint density at radius 1 is 1.50 bits per heavy atom. The second kappa shape index (κ2) is 3.22. The van der Waals surface area contributed by atoms with Crippen LogP contribution in [-0.4, -0.2) is 10.9 Å². The highest BCUT2D eigenvalue weighted by Crippen LogP contribution is 2.28. The Morgan fingerprint density at radius 3 is 2.58 bits per heavy atom. The van der Waals surface area contributed by atoms with Crippen molar-refractivity contribution in [2.24, 2.45) is 0 Å². The first-order chi connectivity index (χ1) is 5.72. The van der Waals surface area contributed by atoms with Gasteiger partial charge in [0.05, 0.1) is 11.1 Å². The highest BCUT2D eigenvalue weighted by molar-refractivity contribution is 6.20. The molecule has 1 rings (SSSR count).